The summed E-state index contributed by atoms with van der Waals surface area (Å²) in [6.45, 7) is 2.64. The Bertz CT molecular complexity index is 1200. The maximum atomic E-state index is 12.9. The van der Waals surface area contributed by atoms with Crippen LogP contribution in [0.3, 0.4) is 0 Å². The summed E-state index contributed by atoms with van der Waals surface area (Å²) in [6, 6.07) is 16.6. The van der Waals surface area contributed by atoms with Gasteiger partial charge in [-0.05, 0) is 49.7 Å². The van der Waals surface area contributed by atoms with E-state index in [9.17, 15) is 13.2 Å². The molecule has 3 aromatic rings. The van der Waals surface area contributed by atoms with Crippen molar-refractivity contribution in [3.63, 3.8) is 0 Å². The van der Waals surface area contributed by atoms with Gasteiger partial charge in [-0.1, -0.05) is 43.2 Å². The van der Waals surface area contributed by atoms with Crippen molar-refractivity contribution in [1.29, 1.82) is 0 Å². The number of likely N-dealkylation sites (N-methyl/N-ethyl adjacent to an activating group) is 1. The molecule has 0 spiro atoms. The van der Waals surface area contributed by atoms with E-state index in [1.165, 1.54) is 5.56 Å². The summed E-state index contributed by atoms with van der Waals surface area (Å²) in [5, 5.41) is 7.27. The van der Waals surface area contributed by atoms with Crippen LogP contribution in [0.25, 0.3) is 0 Å². The topological polar surface area (TPSA) is 87.5 Å². The minimum Gasteiger partial charge on any atom is -0.325 e. The summed E-state index contributed by atoms with van der Waals surface area (Å²) in [7, 11) is -1.62. The monoisotopic (exact) mass is 495 g/mol. The predicted molar refractivity (Wildman–Crippen MR) is 136 cm³/mol. The van der Waals surface area contributed by atoms with Gasteiger partial charge in [0.05, 0.1) is 24.2 Å². The second kappa shape index (κ2) is 11.6. The van der Waals surface area contributed by atoms with Crippen LogP contribution in [-0.4, -0.2) is 60.0 Å². The van der Waals surface area contributed by atoms with Crippen LogP contribution in [0.1, 0.15) is 36.8 Å². The van der Waals surface area contributed by atoms with Crippen LogP contribution in [0.5, 0.6) is 0 Å². The van der Waals surface area contributed by atoms with Crippen molar-refractivity contribution >= 4 is 21.6 Å². The van der Waals surface area contributed by atoms with E-state index in [-0.39, 0.29) is 17.3 Å². The van der Waals surface area contributed by atoms with E-state index in [1.54, 1.807) is 28.6 Å². The predicted octanol–water partition coefficient (Wildman–Crippen LogP) is 3.57. The first-order valence-corrected chi connectivity index (χ1v) is 13.5. The molecular weight excluding hydrogens is 462 g/mol. The second-order valence-corrected chi connectivity index (χ2v) is 11.0. The van der Waals surface area contributed by atoms with Gasteiger partial charge in [-0.2, -0.15) is 9.40 Å². The van der Waals surface area contributed by atoms with Gasteiger partial charge < -0.3 is 5.32 Å². The van der Waals surface area contributed by atoms with E-state index >= 15 is 0 Å². The molecule has 35 heavy (non-hydrogen) atoms. The van der Waals surface area contributed by atoms with E-state index in [1.807, 2.05) is 47.2 Å². The molecule has 1 aliphatic rings. The number of benzene rings is 2. The van der Waals surface area contributed by atoms with Gasteiger partial charge >= 0.3 is 0 Å². The highest BCUT2D eigenvalue weighted by molar-refractivity contribution is 7.89. The summed E-state index contributed by atoms with van der Waals surface area (Å²) >= 11 is 0. The number of sulfonamides is 1. The van der Waals surface area contributed by atoms with Crippen LogP contribution >= 0.6 is 0 Å². The molecular formula is C26H33N5O3S. The minimum atomic E-state index is -3.50. The van der Waals surface area contributed by atoms with Crippen molar-refractivity contribution in [3.05, 3.63) is 78.1 Å². The molecule has 8 nitrogen and oxygen atoms in total. The van der Waals surface area contributed by atoms with Crippen LogP contribution in [0.15, 0.2) is 71.9 Å². The van der Waals surface area contributed by atoms with Gasteiger partial charge in [-0.3, -0.25) is 14.4 Å². The molecule has 1 N–H and O–H groups in total. The van der Waals surface area contributed by atoms with Crippen molar-refractivity contribution in [3.8, 4) is 0 Å². The van der Waals surface area contributed by atoms with E-state index < -0.39 is 10.0 Å². The number of amides is 1. The SMILES string of the molecule is CN(CC(=O)Nc1ccc(S(=O)(=O)N2CCCCCC2)cc1)Cc1cnn(Cc2ccccc2)c1. The maximum Gasteiger partial charge on any atom is 0.243 e. The average molecular weight is 496 g/mol. The van der Waals surface area contributed by atoms with E-state index in [4.69, 9.17) is 0 Å². The average Bonchev–Trinajstić information content (AvgIpc) is 3.08. The number of anilines is 1. The molecule has 0 atom stereocenters. The van der Waals surface area contributed by atoms with Gasteiger partial charge in [0.25, 0.3) is 0 Å². The lowest BCUT2D eigenvalue weighted by Crippen LogP contribution is -2.32. The van der Waals surface area contributed by atoms with Gasteiger partial charge in [-0.25, -0.2) is 8.42 Å². The molecule has 1 amide bonds. The molecule has 1 aliphatic heterocycles. The third kappa shape index (κ3) is 7.00. The number of hydrogen-bond donors (Lipinski definition) is 1. The van der Waals surface area contributed by atoms with Crippen LogP contribution in [0.2, 0.25) is 0 Å². The normalized spacial score (nSPS) is 15.1. The highest BCUT2D eigenvalue weighted by atomic mass is 32.2. The van der Waals surface area contributed by atoms with Gasteiger partial charge in [0.1, 0.15) is 0 Å². The zero-order chi connectivity index (χ0) is 24.7. The number of hydrogen-bond acceptors (Lipinski definition) is 5. The zero-order valence-electron chi connectivity index (χ0n) is 20.1. The summed E-state index contributed by atoms with van der Waals surface area (Å²) in [5.74, 6) is -0.160. The zero-order valence-corrected chi connectivity index (χ0v) is 21.0. The Hall–Kier alpha value is -3.01. The highest BCUT2D eigenvalue weighted by Gasteiger charge is 2.25. The molecule has 0 radical (unpaired) electrons. The number of nitrogens with zero attached hydrogens (tertiary/aromatic N) is 4. The molecule has 2 heterocycles. The molecule has 1 fully saturated rings. The molecule has 9 heteroatoms. The first-order valence-electron chi connectivity index (χ1n) is 12.0. The Labute approximate surface area is 207 Å². The fraction of sp³-hybridized carbons (Fsp3) is 0.385. The fourth-order valence-electron chi connectivity index (χ4n) is 4.30. The lowest BCUT2D eigenvalue weighted by atomic mass is 10.2. The number of aromatic nitrogens is 2. The molecule has 186 valence electrons. The van der Waals surface area contributed by atoms with E-state index in [0.717, 1.165) is 31.2 Å². The Kier molecular flexibility index (Phi) is 8.33. The van der Waals surface area contributed by atoms with Gasteiger partial charge in [0, 0.05) is 37.1 Å². The molecule has 0 saturated carbocycles. The molecule has 1 saturated heterocycles. The third-order valence-corrected chi connectivity index (χ3v) is 7.99. The number of carbonyl (C=O) groups is 1. The first-order chi connectivity index (χ1) is 16.9. The smallest absolute Gasteiger partial charge is 0.243 e. The maximum absolute atomic E-state index is 12.9. The van der Waals surface area contributed by atoms with Crippen molar-refractivity contribution in [1.82, 2.24) is 19.0 Å². The summed E-state index contributed by atoms with van der Waals surface area (Å²) in [5.41, 5.74) is 2.79. The lowest BCUT2D eigenvalue weighted by Gasteiger charge is -2.20. The molecule has 0 aliphatic carbocycles. The number of rotatable bonds is 9. The Morgan fingerprint density at radius 3 is 2.34 bits per heavy atom. The Morgan fingerprint density at radius 2 is 1.66 bits per heavy atom. The van der Waals surface area contributed by atoms with Gasteiger partial charge in [0.2, 0.25) is 15.9 Å². The number of carbonyl (C=O) groups excluding carboxylic acids is 1. The highest BCUT2D eigenvalue weighted by Crippen LogP contribution is 2.22. The second-order valence-electron chi connectivity index (χ2n) is 9.09. The molecule has 0 bridgehead atoms. The lowest BCUT2D eigenvalue weighted by molar-refractivity contribution is -0.117. The standard InChI is InChI=1S/C26H33N5O3S/c1-29(18-23-17-27-30(20-23)19-22-9-5-4-6-10-22)21-26(32)28-24-11-13-25(14-12-24)35(33,34)31-15-7-2-3-8-16-31/h4-6,9-14,17,20H,2-3,7-8,15-16,18-19,21H2,1H3,(H,28,32). The summed E-state index contributed by atoms with van der Waals surface area (Å²) < 4.78 is 29.3. The Morgan fingerprint density at radius 1 is 0.971 bits per heavy atom. The van der Waals surface area contributed by atoms with Crippen molar-refractivity contribution in [2.24, 2.45) is 0 Å². The number of nitrogens with one attached hydrogen (secondary N) is 1. The van der Waals surface area contributed by atoms with Gasteiger partial charge in [0.15, 0.2) is 0 Å². The minimum absolute atomic E-state index is 0.160. The molecule has 1 aromatic heterocycles. The largest absolute Gasteiger partial charge is 0.325 e. The van der Waals surface area contributed by atoms with E-state index in [0.29, 0.717) is 31.9 Å². The van der Waals surface area contributed by atoms with Crippen molar-refractivity contribution < 1.29 is 13.2 Å². The Balaban J connectivity index is 1.27. The van der Waals surface area contributed by atoms with Crippen LogP contribution in [0.4, 0.5) is 5.69 Å². The van der Waals surface area contributed by atoms with Crippen molar-refractivity contribution in [2.75, 3.05) is 32.0 Å². The van der Waals surface area contributed by atoms with Gasteiger partial charge in [-0.15, -0.1) is 0 Å². The molecule has 0 unspecified atom stereocenters. The van der Waals surface area contributed by atoms with Crippen LogP contribution < -0.4 is 5.32 Å². The van der Waals surface area contributed by atoms with Crippen LogP contribution in [0, 0.1) is 0 Å². The summed E-state index contributed by atoms with van der Waals surface area (Å²) in [4.78, 5) is 14.7. The van der Waals surface area contributed by atoms with E-state index in [2.05, 4.69) is 22.5 Å². The fourth-order valence-corrected chi connectivity index (χ4v) is 5.82. The first kappa shape index (κ1) is 25.1. The molecule has 4 rings (SSSR count). The summed E-state index contributed by atoms with van der Waals surface area (Å²) in [6.07, 6.45) is 7.75. The molecule has 2 aromatic carbocycles. The van der Waals surface area contributed by atoms with Crippen LogP contribution in [-0.2, 0) is 27.9 Å². The third-order valence-electron chi connectivity index (χ3n) is 6.08. The van der Waals surface area contributed by atoms with Crippen molar-refractivity contribution in [2.45, 2.75) is 43.7 Å². The quantitative estimate of drug-likeness (QED) is 0.490.